The minimum absolute atomic E-state index is 0.242. The van der Waals surface area contributed by atoms with Crippen molar-refractivity contribution in [1.29, 1.82) is 0 Å². The Morgan fingerprint density at radius 1 is 1.28 bits per heavy atom. The summed E-state index contributed by atoms with van der Waals surface area (Å²) in [6.07, 6.45) is 3.69. The second-order valence-electron chi connectivity index (χ2n) is 6.17. The summed E-state index contributed by atoms with van der Waals surface area (Å²) in [5, 5.41) is 13.1. The van der Waals surface area contributed by atoms with Crippen LogP contribution in [0, 0.1) is 5.92 Å². The van der Waals surface area contributed by atoms with Gasteiger partial charge in [-0.05, 0) is 37.0 Å². The number of hydrogen-bond acceptors (Lipinski definition) is 5. The summed E-state index contributed by atoms with van der Waals surface area (Å²) in [5.41, 5.74) is 1.17. The van der Waals surface area contributed by atoms with Crippen LogP contribution >= 0.6 is 11.6 Å². The van der Waals surface area contributed by atoms with Gasteiger partial charge in [-0.25, -0.2) is 9.97 Å². The smallest absolute Gasteiger partial charge is 0.306 e. The maximum atomic E-state index is 11.0. The summed E-state index contributed by atoms with van der Waals surface area (Å²) in [6.45, 7) is 2.16. The molecule has 0 atom stereocenters. The number of carboxylic acids is 1. The van der Waals surface area contributed by atoms with Crippen molar-refractivity contribution in [2.24, 2.45) is 5.92 Å². The first-order chi connectivity index (χ1) is 12.1. The van der Waals surface area contributed by atoms with Gasteiger partial charge >= 0.3 is 5.97 Å². The first-order valence-electron chi connectivity index (χ1n) is 8.40. The fourth-order valence-corrected chi connectivity index (χ4v) is 3.21. The van der Waals surface area contributed by atoms with Crippen LogP contribution in [-0.2, 0) is 11.2 Å². The van der Waals surface area contributed by atoms with E-state index in [0.717, 1.165) is 29.6 Å². The highest BCUT2D eigenvalue weighted by Crippen LogP contribution is 2.23. The molecule has 3 rings (SSSR count). The van der Waals surface area contributed by atoms with Gasteiger partial charge in [-0.15, -0.1) is 0 Å². The lowest BCUT2D eigenvalue weighted by atomic mass is 9.97. The van der Waals surface area contributed by atoms with Crippen molar-refractivity contribution in [2.45, 2.75) is 19.3 Å². The molecule has 6 nitrogen and oxygen atoms in total. The standard InChI is InChI=1S/C18H21ClN4O2/c19-15-3-1-2-13(10-15)4-7-20-16-11-17(22-12-21-16)23-8-5-14(6-9-23)18(24)25/h1-3,10-12,14H,4-9H2,(H,24,25)(H,20,21,22). The van der Waals surface area contributed by atoms with Crippen molar-refractivity contribution in [3.63, 3.8) is 0 Å². The molecule has 7 heteroatoms. The predicted octanol–water partition coefficient (Wildman–Crippen LogP) is 3.09. The Kier molecular flexibility index (Phi) is 5.71. The van der Waals surface area contributed by atoms with E-state index in [1.165, 1.54) is 5.56 Å². The SMILES string of the molecule is O=C(O)C1CCN(c2cc(NCCc3cccc(Cl)c3)ncn2)CC1. The number of aliphatic carboxylic acids is 1. The zero-order valence-electron chi connectivity index (χ0n) is 13.9. The summed E-state index contributed by atoms with van der Waals surface area (Å²) < 4.78 is 0. The highest BCUT2D eigenvalue weighted by Gasteiger charge is 2.25. The summed E-state index contributed by atoms with van der Waals surface area (Å²) in [6, 6.07) is 9.73. The number of nitrogens with zero attached hydrogens (tertiary/aromatic N) is 3. The van der Waals surface area contributed by atoms with E-state index in [9.17, 15) is 4.79 Å². The Morgan fingerprint density at radius 3 is 2.80 bits per heavy atom. The van der Waals surface area contributed by atoms with E-state index in [0.29, 0.717) is 25.9 Å². The van der Waals surface area contributed by atoms with E-state index >= 15 is 0 Å². The maximum Gasteiger partial charge on any atom is 0.306 e. The summed E-state index contributed by atoms with van der Waals surface area (Å²) >= 11 is 5.99. The van der Waals surface area contributed by atoms with Crippen molar-refractivity contribution in [1.82, 2.24) is 9.97 Å². The minimum Gasteiger partial charge on any atom is -0.481 e. The first kappa shape index (κ1) is 17.5. The van der Waals surface area contributed by atoms with Crippen LogP contribution in [0.1, 0.15) is 18.4 Å². The molecule has 0 bridgehead atoms. The lowest BCUT2D eigenvalue weighted by molar-refractivity contribution is -0.142. The van der Waals surface area contributed by atoms with E-state index in [-0.39, 0.29) is 5.92 Å². The van der Waals surface area contributed by atoms with Crippen molar-refractivity contribution in [3.05, 3.63) is 47.2 Å². The lowest BCUT2D eigenvalue weighted by Gasteiger charge is -2.31. The van der Waals surface area contributed by atoms with Gasteiger partial charge < -0.3 is 15.3 Å². The van der Waals surface area contributed by atoms with Crippen LogP contribution in [0.3, 0.4) is 0 Å². The zero-order valence-corrected chi connectivity index (χ0v) is 14.6. The molecule has 25 heavy (non-hydrogen) atoms. The van der Waals surface area contributed by atoms with Crippen molar-refractivity contribution >= 4 is 29.2 Å². The highest BCUT2D eigenvalue weighted by molar-refractivity contribution is 6.30. The predicted molar refractivity (Wildman–Crippen MR) is 98.3 cm³/mol. The van der Waals surface area contributed by atoms with Crippen LogP contribution in [0.2, 0.25) is 5.02 Å². The monoisotopic (exact) mass is 360 g/mol. The zero-order chi connectivity index (χ0) is 17.6. The van der Waals surface area contributed by atoms with Crippen LogP contribution in [0.25, 0.3) is 0 Å². The fraction of sp³-hybridized carbons (Fsp3) is 0.389. The second kappa shape index (κ2) is 8.16. The van der Waals surface area contributed by atoms with Crippen molar-refractivity contribution < 1.29 is 9.90 Å². The Hall–Kier alpha value is -2.34. The molecular weight excluding hydrogens is 340 g/mol. The third-order valence-electron chi connectivity index (χ3n) is 4.43. The average Bonchev–Trinajstić information content (AvgIpc) is 2.62. The molecule has 1 saturated heterocycles. The Bertz CT molecular complexity index is 733. The molecular formula is C18H21ClN4O2. The topological polar surface area (TPSA) is 78.4 Å². The molecule has 1 aromatic heterocycles. The number of carbonyl (C=O) groups is 1. The minimum atomic E-state index is -0.703. The summed E-state index contributed by atoms with van der Waals surface area (Å²) in [7, 11) is 0. The van der Waals surface area contributed by atoms with Crippen LogP contribution in [0.4, 0.5) is 11.6 Å². The van der Waals surface area contributed by atoms with Crippen LogP contribution < -0.4 is 10.2 Å². The number of benzene rings is 1. The molecule has 0 aliphatic carbocycles. The van der Waals surface area contributed by atoms with Gasteiger partial charge in [0.1, 0.15) is 18.0 Å². The van der Waals surface area contributed by atoms with E-state index < -0.39 is 5.97 Å². The van der Waals surface area contributed by atoms with Gasteiger partial charge in [0.2, 0.25) is 0 Å². The molecule has 1 aromatic carbocycles. The Morgan fingerprint density at radius 2 is 2.08 bits per heavy atom. The van der Waals surface area contributed by atoms with Gasteiger partial charge in [-0.1, -0.05) is 23.7 Å². The summed E-state index contributed by atoms with van der Waals surface area (Å²) in [4.78, 5) is 21.7. The van der Waals surface area contributed by atoms with E-state index in [1.807, 2.05) is 30.3 Å². The number of anilines is 2. The Labute approximate surface area is 151 Å². The number of rotatable bonds is 6. The van der Waals surface area contributed by atoms with Gasteiger partial charge in [-0.2, -0.15) is 0 Å². The molecule has 132 valence electrons. The Balaban J connectivity index is 1.54. The molecule has 0 amide bonds. The molecule has 0 spiro atoms. The number of carboxylic acid groups (broad SMARTS) is 1. The van der Waals surface area contributed by atoms with Gasteiger partial charge in [-0.3, -0.25) is 4.79 Å². The van der Waals surface area contributed by atoms with Gasteiger partial charge in [0.25, 0.3) is 0 Å². The number of halogens is 1. The number of hydrogen-bond donors (Lipinski definition) is 2. The lowest BCUT2D eigenvalue weighted by Crippen LogP contribution is -2.36. The summed E-state index contributed by atoms with van der Waals surface area (Å²) in [5.74, 6) is 0.663. The number of nitrogens with one attached hydrogen (secondary N) is 1. The van der Waals surface area contributed by atoms with Crippen molar-refractivity contribution in [2.75, 3.05) is 29.9 Å². The van der Waals surface area contributed by atoms with E-state index in [4.69, 9.17) is 16.7 Å². The highest BCUT2D eigenvalue weighted by atomic mass is 35.5. The fourth-order valence-electron chi connectivity index (χ4n) is 3.00. The number of aromatic nitrogens is 2. The molecule has 0 saturated carbocycles. The molecule has 1 fully saturated rings. The molecule has 1 aliphatic rings. The normalized spacial score (nSPS) is 15.2. The largest absolute Gasteiger partial charge is 0.481 e. The quantitative estimate of drug-likeness (QED) is 0.824. The maximum absolute atomic E-state index is 11.0. The van der Waals surface area contributed by atoms with E-state index in [2.05, 4.69) is 20.2 Å². The molecule has 0 unspecified atom stereocenters. The van der Waals surface area contributed by atoms with Gasteiger partial charge in [0, 0.05) is 30.7 Å². The van der Waals surface area contributed by atoms with E-state index in [1.54, 1.807) is 6.33 Å². The van der Waals surface area contributed by atoms with Crippen LogP contribution in [-0.4, -0.2) is 40.7 Å². The molecule has 2 aromatic rings. The van der Waals surface area contributed by atoms with Crippen LogP contribution in [0.15, 0.2) is 36.7 Å². The van der Waals surface area contributed by atoms with Crippen molar-refractivity contribution in [3.8, 4) is 0 Å². The molecule has 1 aliphatic heterocycles. The number of piperidine rings is 1. The third-order valence-corrected chi connectivity index (χ3v) is 4.66. The second-order valence-corrected chi connectivity index (χ2v) is 6.60. The first-order valence-corrected chi connectivity index (χ1v) is 8.78. The van der Waals surface area contributed by atoms with Gasteiger partial charge in [0.05, 0.1) is 5.92 Å². The third kappa shape index (κ3) is 4.82. The van der Waals surface area contributed by atoms with Crippen LogP contribution in [0.5, 0.6) is 0 Å². The van der Waals surface area contributed by atoms with Gasteiger partial charge in [0.15, 0.2) is 0 Å². The molecule has 2 N–H and O–H groups in total. The average molecular weight is 361 g/mol. The molecule has 0 radical (unpaired) electrons. The molecule has 2 heterocycles.